The molecule has 6 nitrogen and oxygen atoms in total. The first-order valence-corrected chi connectivity index (χ1v) is 8.42. The smallest absolute Gasteiger partial charge is 0.328 e. The molecule has 2 rings (SSSR count). The average Bonchev–Trinajstić information content (AvgIpc) is 2.94. The minimum absolute atomic E-state index is 0.157. The highest BCUT2D eigenvalue weighted by Gasteiger charge is 2.35. The summed E-state index contributed by atoms with van der Waals surface area (Å²) in [5.74, 6) is -0.712. The van der Waals surface area contributed by atoms with E-state index < -0.39 is 21.8 Å². The van der Waals surface area contributed by atoms with Crippen molar-refractivity contribution in [3.05, 3.63) is 29.8 Å². The fourth-order valence-corrected chi connectivity index (χ4v) is 3.03. The summed E-state index contributed by atoms with van der Waals surface area (Å²) in [7, 11) is -2.00. The number of likely N-dealkylation sites (tertiary alicyclic amines) is 1. The number of nitrogens with zero attached hydrogens (tertiary/aromatic N) is 1. The van der Waals surface area contributed by atoms with Gasteiger partial charge < -0.3 is 9.64 Å². The zero-order valence-electron chi connectivity index (χ0n) is 11.9. The summed E-state index contributed by atoms with van der Waals surface area (Å²) in [6.07, 6.45) is 2.43. The van der Waals surface area contributed by atoms with Crippen molar-refractivity contribution in [3.63, 3.8) is 0 Å². The molecule has 1 atom stereocenters. The van der Waals surface area contributed by atoms with Crippen molar-refractivity contribution >= 4 is 21.7 Å². The van der Waals surface area contributed by atoms with E-state index >= 15 is 0 Å². The molecule has 1 amide bonds. The van der Waals surface area contributed by atoms with Gasteiger partial charge in [-0.25, -0.2) is 13.2 Å². The van der Waals surface area contributed by atoms with Crippen LogP contribution in [0, 0.1) is 0 Å². The van der Waals surface area contributed by atoms with Crippen LogP contribution in [0.3, 0.4) is 0 Å². The van der Waals surface area contributed by atoms with Crippen LogP contribution in [0.5, 0.6) is 0 Å². The third-order valence-electron chi connectivity index (χ3n) is 3.52. The van der Waals surface area contributed by atoms with Gasteiger partial charge >= 0.3 is 5.97 Å². The lowest BCUT2D eigenvalue weighted by molar-refractivity contribution is -0.145. The van der Waals surface area contributed by atoms with Gasteiger partial charge in [-0.3, -0.25) is 4.79 Å². The molecule has 7 heteroatoms. The van der Waals surface area contributed by atoms with Gasteiger partial charge in [0.05, 0.1) is 12.0 Å². The molecule has 1 heterocycles. The van der Waals surface area contributed by atoms with E-state index in [0.717, 1.165) is 12.7 Å². The van der Waals surface area contributed by atoms with Gasteiger partial charge in [-0.15, -0.1) is 0 Å². The highest BCUT2D eigenvalue weighted by atomic mass is 32.2. The van der Waals surface area contributed by atoms with Crippen LogP contribution >= 0.6 is 0 Å². The number of carbonyl (C=O) groups is 2. The lowest BCUT2D eigenvalue weighted by atomic mass is 10.1. The third-order valence-corrected chi connectivity index (χ3v) is 4.64. The van der Waals surface area contributed by atoms with Crippen LogP contribution in [0.1, 0.15) is 23.2 Å². The first-order valence-electron chi connectivity index (χ1n) is 6.53. The molecule has 0 radical (unpaired) electrons. The number of methoxy groups -OCH3 is 1. The van der Waals surface area contributed by atoms with Crippen molar-refractivity contribution in [2.24, 2.45) is 0 Å². The summed E-state index contributed by atoms with van der Waals surface area (Å²) in [4.78, 5) is 25.7. The largest absolute Gasteiger partial charge is 0.467 e. The van der Waals surface area contributed by atoms with E-state index in [-0.39, 0.29) is 10.8 Å². The maximum Gasteiger partial charge on any atom is 0.328 e. The molecule has 0 spiro atoms. The summed E-state index contributed by atoms with van der Waals surface area (Å²) in [6, 6.07) is 5.16. The lowest BCUT2D eigenvalue weighted by Gasteiger charge is -2.22. The van der Waals surface area contributed by atoms with E-state index in [0.29, 0.717) is 18.5 Å². The second-order valence-corrected chi connectivity index (χ2v) is 6.99. The van der Waals surface area contributed by atoms with Gasteiger partial charge in [0.2, 0.25) is 0 Å². The minimum Gasteiger partial charge on any atom is -0.467 e. The molecule has 1 aromatic carbocycles. The summed E-state index contributed by atoms with van der Waals surface area (Å²) in [5, 5.41) is 0. The number of benzene rings is 1. The average molecular weight is 311 g/mol. The van der Waals surface area contributed by atoms with Crippen molar-refractivity contribution in [2.45, 2.75) is 23.8 Å². The first kappa shape index (κ1) is 15.5. The maximum atomic E-state index is 12.4. The Balaban J connectivity index is 2.22. The molecule has 0 bridgehead atoms. The zero-order chi connectivity index (χ0) is 15.6. The van der Waals surface area contributed by atoms with Crippen molar-refractivity contribution in [1.82, 2.24) is 4.90 Å². The SMILES string of the molecule is COC(=O)C1CCCN1C(=O)c1ccc(S(C)(=O)=O)cc1. The van der Waals surface area contributed by atoms with Crippen LogP contribution < -0.4 is 0 Å². The Kier molecular flexibility index (Phi) is 4.32. The van der Waals surface area contributed by atoms with E-state index in [4.69, 9.17) is 4.74 Å². The molecular weight excluding hydrogens is 294 g/mol. The van der Waals surface area contributed by atoms with Gasteiger partial charge in [0.1, 0.15) is 6.04 Å². The van der Waals surface area contributed by atoms with Crippen LogP contribution in [0.4, 0.5) is 0 Å². The lowest BCUT2D eigenvalue weighted by Crippen LogP contribution is -2.41. The Bertz CT molecular complexity index is 650. The molecule has 114 valence electrons. The molecule has 0 aliphatic carbocycles. The van der Waals surface area contributed by atoms with Gasteiger partial charge in [0, 0.05) is 18.4 Å². The van der Waals surface area contributed by atoms with E-state index in [1.54, 1.807) is 0 Å². The fraction of sp³-hybridized carbons (Fsp3) is 0.429. The second-order valence-electron chi connectivity index (χ2n) is 4.98. The minimum atomic E-state index is -3.29. The highest BCUT2D eigenvalue weighted by molar-refractivity contribution is 7.90. The quantitative estimate of drug-likeness (QED) is 0.774. The number of rotatable bonds is 3. The Morgan fingerprint density at radius 2 is 1.86 bits per heavy atom. The number of hydrogen-bond donors (Lipinski definition) is 0. The van der Waals surface area contributed by atoms with E-state index in [2.05, 4.69) is 0 Å². The number of amides is 1. The van der Waals surface area contributed by atoms with Crippen molar-refractivity contribution in [2.75, 3.05) is 19.9 Å². The van der Waals surface area contributed by atoms with Crippen molar-refractivity contribution in [1.29, 1.82) is 0 Å². The van der Waals surface area contributed by atoms with Crippen LogP contribution in [-0.2, 0) is 19.4 Å². The van der Waals surface area contributed by atoms with E-state index in [1.807, 2.05) is 0 Å². The number of sulfone groups is 1. The zero-order valence-corrected chi connectivity index (χ0v) is 12.7. The number of ether oxygens (including phenoxy) is 1. The molecule has 0 N–H and O–H groups in total. The van der Waals surface area contributed by atoms with Gasteiger partial charge in [0.15, 0.2) is 9.84 Å². The molecule has 1 fully saturated rings. The van der Waals surface area contributed by atoms with Crippen LogP contribution in [0.15, 0.2) is 29.2 Å². The van der Waals surface area contributed by atoms with Gasteiger partial charge in [-0.05, 0) is 37.1 Å². The molecule has 1 aliphatic rings. The first-order chi connectivity index (χ1) is 9.84. The van der Waals surface area contributed by atoms with Crippen LogP contribution in [-0.4, -0.2) is 51.1 Å². The fourth-order valence-electron chi connectivity index (χ4n) is 2.40. The second kappa shape index (κ2) is 5.85. The van der Waals surface area contributed by atoms with Gasteiger partial charge in [0.25, 0.3) is 5.91 Å². The van der Waals surface area contributed by atoms with Gasteiger partial charge in [-0.2, -0.15) is 0 Å². The highest BCUT2D eigenvalue weighted by Crippen LogP contribution is 2.21. The molecule has 0 aromatic heterocycles. The topological polar surface area (TPSA) is 80.8 Å². The van der Waals surface area contributed by atoms with Crippen LogP contribution in [0.25, 0.3) is 0 Å². The van der Waals surface area contributed by atoms with E-state index in [1.165, 1.54) is 36.3 Å². The molecule has 1 unspecified atom stereocenters. The third kappa shape index (κ3) is 3.24. The normalized spacial score (nSPS) is 18.6. The maximum absolute atomic E-state index is 12.4. The number of esters is 1. The summed E-state index contributed by atoms with van der Waals surface area (Å²) < 4.78 is 27.5. The van der Waals surface area contributed by atoms with Crippen molar-refractivity contribution < 1.29 is 22.7 Å². The Labute approximate surface area is 123 Å². The number of hydrogen-bond acceptors (Lipinski definition) is 5. The predicted molar refractivity (Wildman–Crippen MR) is 75.6 cm³/mol. The Morgan fingerprint density at radius 1 is 1.24 bits per heavy atom. The predicted octanol–water partition coefficient (Wildman–Crippen LogP) is 0.868. The molecule has 1 saturated heterocycles. The monoisotopic (exact) mass is 311 g/mol. The summed E-state index contributed by atoms with van der Waals surface area (Å²) in [6.45, 7) is 0.492. The standard InChI is InChI=1S/C14H17NO5S/c1-20-14(17)12-4-3-9-15(12)13(16)10-5-7-11(8-6-10)21(2,18)19/h5-8,12H,3-4,9H2,1-2H3. The molecular formula is C14H17NO5S. The molecule has 1 aliphatic heterocycles. The number of carbonyl (C=O) groups excluding carboxylic acids is 2. The molecule has 1 aromatic rings. The van der Waals surface area contributed by atoms with Crippen molar-refractivity contribution in [3.8, 4) is 0 Å². The molecule has 21 heavy (non-hydrogen) atoms. The van der Waals surface area contributed by atoms with E-state index in [9.17, 15) is 18.0 Å². The van der Waals surface area contributed by atoms with Gasteiger partial charge in [-0.1, -0.05) is 0 Å². The summed E-state index contributed by atoms with van der Waals surface area (Å²) in [5.41, 5.74) is 0.359. The van der Waals surface area contributed by atoms with Crippen LogP contribution in [0.2, 0.25) is 0 Å². The summed E-state index contributed by atoms with van der Waals surface area (Å²) >= 11 is 0. The Morgan fingerprint density at radius 3 is 2.38 bits per heavy atom. The molecule has 0 saturated carbocycles. The Hall–Kier alpha value is -1.89.